The summed E-state index contributed by atoms with van der Waals surface area (Å²) >= 11 is 0. The zero-order valence-corrected chi connectivity index (χ0v) is 16.8. The molecular formula is C18H21N7O2S. The van der Waals surface area contributed by atoms with E-state index in [-0.39, 0.29) is 5.54 Å². The molecule has 0 bridgehead atoms. The van der Waals surface area contributed by atoms with Gasteiger partial charge in [-0.25, -0.2) is 23.1 Å². The zero-order valence-electron chi connectivity index (χ0n) is 16.0. The van der Waals surface area contributed by atoms with E-state index in [1.165, 1.54) is 6.33 Å². The Bertz CT molecular complexity index is 1310. The average Bonchev–Trinajstić information content (AvgIpc) is 3.14. The van der Waals surface area contributed by atoms with Gasteiger partial charge in [0.25, 0.3) is 0 Å². The maximum Gasteiger partial charge on any atom is 0.229 e. The van der Waals surface area contributed by atoms with Gasteiger partial charge in [-0.3, -0.25) is 4.72 Å². The van der Waals surface area contributed by atoms with Crippen molar-refractivity contribution in [2.75, 3.05) is 16.7 Å². The first kappa shape index (κ1) is 18.2. The molecule has 1 aromatic carbocycles. The molecule has 10 heteroatoms. The summed E-state index contributed by atoms with van der Waals surface area (Å²) in [5.41, 5.74) is 9.17. The summed E-state index contributed by atoms with van der Waals surface area (Å²) in [6.07, 6.45) is 2.55. The van der Waals surface area contributed by atoms with Crippen molar-refractivity contribution in [3.05, 3.63) is 30.6 Å². The molecule has 0 spiro atoms. The molecule has 3 aromatic heterocycles. The number of benzene rings is 1. The van der Waals surface area contributed by atoms with Crippen LogP contribution in [-0.4, -0.2) is 39.4 Å². The summed E-state index contributed by atoms with van der Waals surface area (Å²) in [7, 11) is -3.35. The molecular weight excluding hydrogens is 378 g/mol. The largest absolute Gasteiger partial charge is 0.383 e. The van der Waals surface area contributed by atoms with Crippen molar-refractivity contribution in [2.24, 2.45) is 0 Å². The molecule has 0 saturated carbocycles. The Hall–Kier alpha value is -3.14. The third kappa shape index (κ3) is 3.15. The Morgan fingerprint density at radius 3 is 2.61 bits per heavy atom. The number of hydrogen-bond donors (Lipinski definition) is 3. The van der Waals surface area contributed by atoms with E-state index < -0.39 is 10.0 Å². The molecule has 0 amide bonds. The molecule has 0 radical (unpaired) electrons. The van der Waals surface area contributed by atoms with Crippen LogP contribution in [-0.2, 0) is 15.6 Å². The molecule has 0 aliphatic heterocycles. The number of hydrogen-bond acceptors (Lipinski definition) is 6. The second-order valence-corrected chi connectivity index (χ2v) is 9.50. The first-order chi connectivity index (χ1) is 13.0. The third-order valence-corrected chi connectivity index (χ3v) is 4.92. The van der Waals surface area contributed by atoms with Gasteiger partial charge in [-0.1, -0.05) is 6.07 Å². The molecule has 3 heterocycles. The molecule has 4 N–H and O–H groups in total. The van der Waals surface area contributed by atoms with E-state index in [1.807, 2.05) is 37.6 Å². The van der Waals surface area contributed by atoms with Crippen molar-refractivity contribution < 1.29 is 8.42 Å². The fraction of sp³-hybridized carbons (Fsp3) is 0.278. The number of aromatic amines is 1. The standard InChI is InChI=1S/C18H21N7O2S/c1-18(2,3)25-17-14(16(19)20-9-21-17)15(23-25)13-7-10-5-6-11(8-12(10)22-13)24-28(4,26)27/h5-9,22,24H,1-4H3,(H2,19,20,21). The predicted molar refractivity (Wildman–Crippen MR) is 110 cm³/mol. The van der Waals surface area contributed by atoms with Crippen LogP contribution in [0.1, 0.15) is 20.8 Å². The van der Waals surface area contributed by atoms with E-state index in [9.17, 15) is 8.42 Å². The lowest BCUT2D eigenvalue weighted by Gasteiger charge is -2.19. The average molecular weight is 399 g/mol. The van der Waals surface area contributed by atoms with Gasteiger partial charge in [-0.05, 0) is 39.0 Å². The fourth-order valence-corrected chi connectivity index (χ4v) is 3.72. The van der Waals surface area contributed by atoms with Gasteiger partial charge in [-0.15, -0.1) is 0 Å². The van der Waals surface area contributed by atoms with Gasteiger partial charge >= 0.3 is 0 Å². The smallest absolute Gasteiger partial charge is 0.229 e. The van der Waals surface area contributed by atoms with Gasteiger partial charge in [0.15, 0.2) is 5.65 Å². The van der Waals surface area contributed by atoms with Crippen LogP contribution in [0.25, 0.3) is 33.3 Å². The summed E-state index contributed by atoms with van der Waals surface area (Å²) in [5.74, 6) is 0.355. The SMILES string of the molecule is CC(C)(C)n1nc(-c2cc3ccc(NS(C)(=O)=O)cc3[nH]2)c2c(N)ncnc21. The van der Waals surface area contributed by atoms with E-state index in [1.54, 1.807) is 12.1 Å². The quantitative estimate of drug-likeness (QED) is 0.485. The molecule has 146 valence electrons. The highest BCUT2D eigenvalue weighted by Gasteiger charge is 2.24. The van der Waals surface area contributed by atoms with Crippen LogP contribution >= 0.6 is 0 Å². The maximum absolute atomic E-state index is 11.5. The van der Waals surface area contributed by atoms with Gasteiger partial charge in [0.1, 0.15) is 17.8 Å². The monoisotopic (exact) mass is 399 g/mol. The highest BCUT2D eigenvalue weighted by molar-refractivity contribution is 7.92. The third-order valence-electron chi connectivity index (χ3n) is 4.31. The van der Waals surface area contributed by atoms with E-state index in [0.717, 1.165) is 22.9 Å². The Morgan fingerprint density at radius 1 is 1.18 bits per heavy atom. The number of nitrogens with one attached hydrogen (secondary N) is 2. The molecule has 0 unspecified atom stereocenters. The van der Waals surface area contributed by atoms with Gasteiger partial charge in [0.2, 0.25) is 10.0 Å². The van der Waals surface area contributed by atoms with Crippen LogP contribution in [0.3, 0.4) is 0 Å². The minimum atomic E-state index is -3.35. The number of H-pyrrole nitrogens is 1. The first-order valence-electron chi connectivity index (χ1n) is 8.63. The lowest BCUT2D eigenvalue weighted by Crippen LogP contribution is -2.23. The molecule has 4 aromatic rings. The highest BCUT2D eigenvalue weighted by Crippen LogP contribution is 2.34. The van der Waals surface area contributed by atoms with E-state index in [4.69, 9.17) is 10.8 Å². The zero-order chi connectivity index (χ0) is 20.3. The number of anilines is 2. The van der Waals surface area contributed by atoms with Gasteiger partial charge < -0.3 is 10.7 Å². The minimum Gasteiger partial charge on any atom is -0.383 e. The van der Waals surface area contributed by atoms with Gasteiger partial charge in [0.05, 0.1) is 28.6 Å². The Morgan fingerprint density at radius 2 is 1.93 bits per heavy atom. The molecule has 4 rings (SSSR count). The highest BCUT2D eigenvalue weighted by atomic mass is 32.2. The number of aromatic nitrogens is 5. The van der Waals surface area contributed by atoms with Crippen LogP contribution in [0.15, 0.2) is 30.6 Å². The summed E-state index contributed by atoms with van der Waals surface area (Å²) in [4.78, 5) is 11.8. The van der Waals surface area contributed by atoms with Crippen LogP contribution in [0.5, 0.6) is 0 Å². The maximum atomic E-state index is 11.5. The molecule has 0 saturated heterocycles. The van der Waals surface area contributed by atoms with Crippen molar-refractivity contribution in [2.45, 2.75) is 26.3 Å². The van der Waals surface area contributed by atoms with Crippen molar-refractivity contribution in [3.63, 3.8) is 0 Å². The first-order valence-corrected chi connectivity index (χ1v) is 10.5. The van der Waals surface area contributed by atoms with Crippen molar-refractivity contribution in [3.8, 4) is 11.4 Å². The van der Waals surface area contributed by atoms with E-state index in [2.05, 4.69) is 19.7 Å². The summed E-state index contributed by atoms with van der Waals surface area (Å²) in [6.45, 7) is 6.11. The minimum absolute atomic E-state index is 0.296. The fourth-order valence-electron chi connectivity index (χ4n) is 3.16. The van der Waals surface area contributed by atoms with Crippen LogP contribution in [0.2, 0.25) is 0 Å². The number of nitrogens with two attached hydrogens (primary N) is 1. The number of nitrogens with zero attached hydrogens (tertiary/aromatic N) is 4. The van der Waals surface area contributed by atoms with Gasteiger partial charge in [0, 0.05) is 10.9 Å². The Labute approximate surface area is 162 Å². The topological polar surface area (TPSA) is 132 Å². The normalized spacial score (nSPS) is 12.7. The van der Waals surface area contributed by atoms with E-state index >= 15 is 0 Å². The van der Waals surface area contributed by atoms with E-state index in [0.29, 0.717) is 28.2 Å². The van der Waals surface area contributed by atoms with Crippen molar-refractivity contribution in [1.82, 2.24) is 24.7 Å². The summed E-state index contributed by atoms with van der Waals surface area (Å²) in [6, 6.07) is 7.24. The lowest BCUT2D eigenvalue weighted by atomic mass is 10.1. The summed E-state index contributed by atoms with van der Waals surface area (Å²) in [5, 5.41) is 6.36. The second-order valence-electron chi connectivity index (χ2n) is 7.75. The number of rotatable bonds is 3. The molecule has 28 heavy (non-hydrogen) atoms. The predicted octanol–water partition coefficient (Wildman–Crippen LogP) is 2.68. The number of nitrogen functional groups attached to an aromatic ring is 1. The number of fused-ring (bicyclic) bond motifs is 2. The Kier molecular flexibility index (Phi) is 3.86. The molecule has 0 atom stereocenters. The van der Waals surface area contributed by atoms with Crippen LogP contribution in [0, 0.1) is 0 Å². The molecule has 0 fully saturated rings. The van der Waals surface area contributed by atoms with Crippen LogP contribution in [0.4, 0.5) is 11.5 Å². The summed E-state index contributed by atoms with van der Waals surface area (Å²) < 4.78 is 27.3. The van der Waals surface area contributed by atoms with Crippen molar-refractivity contribution in [1.29, 1.82) is 0 Å². The molecule has 0 aliphatic carbocycles. The number of sulfonamides is 1. The van der Waals surface area contributed by atoms with Crippen molar-refractivity contribution >= 4 is 43.5 Å². The lowest BCUT2D eigenvalue weighted by molar-refractivity contribution is 0.366. The molecule has 0 aliphatic rings. The molecule has 9 nitrogen and oxygen atoms in total. The second kappa shape index (κ2) is 5.93. The van der Waals surface area contributed by atoms with Crippen LogP contribution < -0.4 is 10.5 Å². The van der Waals surface area contributed by atoms with Gasteiger partial charge in [-0.2, -0.15) is 5.10 Å². The Balaban J connectivity index is 1.92.